The third-order valence-electron chi connectivity index (χ3n) is 4.72. The maximum absolute atomic E-state index is 12.7. The van der Waals surface area contributed by atoms with E-state index in [2.05, 4.69) is 21.4 Å². The van der Waals surface area contributed by atoms with Crippen molar-refractivity contribution >= 4 is 5.69 Å². The standard InChI is InChI=1S/C23H24F3N3O/c1-30-22-15-18(9-12-29-22)17-6-5-8-20(14-17)27-11-4-2-3-7-21-16-19(10-13-28-21)23(24,25)26/h5-6,8-10,12-16,27H,2-4,7,11H2,1H3. The molecule has 0 radical (unpaired) electrons. The van der Waals surface area contributed by atoms with Gasteiger partial charge in [0, 0.05) is 36.4 Å². The van der Waals surface area contributed by atoms with Crippen LogP contribution in [0.5, 0.6) is 5.88 Å². The van der Waals surface area contributed by atoms with Gasteiger partial charge in [0.2, 0.25) is 5.88 Å². The molecule has 0 amide bonds. The molecule has 4 nitrogen and oxygen atoms in total. The average Bonchev–Trinajstić information content (AvgIpc) is 2.76. The summed E-state index contributed by atoms with van der Waals surface area (Å²) in [6.07, 6.45) is 1.80. The van der Waals surface area contributed by atoms with Crippen LogP contribution in [0.15, 0.2) is 60.9 Å². The van der Waals surface area contributed by atoms with Gasteiger partial charge < -0.3 is 10.1 Å². The molecule has 0 saturated carbocycles. The lowest BCUT2D eigenvalue weighted by atomic mass is 10.1. The number of benzene rings is 1. The molecular formula is C23H24F3N3O. The quantitative estimate of drug-likeness (QED) is 0.436. The summed E-state index contributed by atoms with van der Waals surface area (Å²) in [5, 5.41) is 3.40. The number of hydrogen-bond acceptors (Lipinski definition) is 4. The zero-order chi connectivity index (χ0) is 21.4. The number of halogens is 3. The molecule has 3 rings (SSSR count). The summed E-state index contributed by atoms with van der Waals surface area (Å²) in [4.78, 5) is 8.16. The van der Waals surface area contributed by atoms with Crippen molar-refractivity contribution in [2.24, 2.45) is 0 Å². The summed E-state index contributed by atoms with van der Waals surface area (Å²) in [6.45, 7) is 0.791. The van der Waals surface area contributed by atoms with Gasteiger partial charge in [-0.3, -0.25) is 4.98 Å². The van der Waals surface area contributed by atoms with Crippen LogP contribution in [0.4, 0.5) is 18.9 Å². The number of nitrogens with zero attached hydrogens (tertiary/aromatic N) is 2. The third kappa shape index (κ3) is 6.20. The monoisotopic (exact) mass is 415 g/mol. The number of hydrogen-bond donors (Lipinski definition) is 1. The van der Waals surface area contributed by atoms with Gasteiger partial charge in [-0.15, -0.1) is 0 Å². The number of methoxy groups -OCH3 is 1. The number of aromatic nitrogens is 2. The Bertz CT molecular complexity index is 960. The van der Waals surface area contributed by atoms with Crippen LogP contribution in [0.2, 0.25) is 0 Å². The van der Waals surface area contributed by atoms with Gasteiger partial charge in [-0.25, -0.2) is 4.98 Å². The van der Waals surface area contributed by atoms with Crippen LogP contribution in [0, 0.1) is 0 Å². The first-order valence-electron chi connectivity index (χ1n) is 9.82. The highest BCUT2D eigenvalue weighted by Crippen LogP contribution is 2.29. The molecular weight excluding hydrogens is 391 g/mol. The third-order valence-corrected chi connectivity index (χ3v) is 4.72. The van der Waals surface area contributed by atoms with Gasteiger partial charge in [0.25, 0.3) is 0 Å². The highest BCUT2D eigenvalue weighted by molar-refractivity contribution is 5.68. The maximum atomic E-state index is 12.7. The van der Waals surface area contributed by atoms with Crippen molar-refractivity contribution in [1.82, 2.24) is 9.97 Å². The number of alkyl halides is 3. The van der Waals surface area contributed by atoms with Crippen LogP contribution in [0.25, 0.3) is 11.1 Å². The average molecular weight is 415 g/mol. The van der Waals surface area contributed by atoms with Gasteiger partial charge in [0.05, 0.1) is 12.7 Å². The SMILES string of the molecule is COc1cc(-c2cccc(NCCCCCc3cc(C(F)(F)F)ccn3)c2)ccn1. The molecule has 2 heterocycles. The van der Waals surface area contributed by atoms with Crippen LogP contribution in [0.3, 0.4) is 0 Å². The lowest BCUT2D eigenvalue weighted by Crippen LogP contribution is -2.06. The molecule has 0 aliphatic heterocycles. The van der Waals surface area contributed by atoms with Crippen molar-refractivity contribution in [3.8, 4) is 17.0 Å². The minimum atomic E-state index is -4.32. The molecule has 0 aliphatic carbocycles. The van der Waals surface area contributed by atoms with E-state index < -0.39 is 11.7 Å². The summed E-state index contributed by atoms with van der Waals surface area (Å²) in [5.74, 6) is 0.570. The van der Waals surface area contributed by atoms with E-state index in [4.69, 9.17) is 4.74 Å². The molecule has 158 valence electrons. The molecule has 2 aromatic heterocycles. The summed E-state index contributed by atoms with van der Waals surface area (Å²) in [6, 6.07) is 14.1. The molecule has 0 unspecified atom stereocenters. The maximum Gasteiger partial charge on any atom is 0.416 e. The number of rotatable bonds is 9. The Morgan fingerprint density at radius 1 is 0.900 bits per heavy atom. The smallest absolute Gasteiger partial charge is 0.416 e. The van der Waals surface area contributed by atoms with Gasteiger partial charge in [0.1, 0.15) is 0 Å². The highest BCUT2D eigenvalue weighted by atomic mass is 19.4. The second-order valence-electron chi connectivity index (χ2n) is 6.94. The van der Waals surface area contributed by atoms with E-state index in [0.29, 0.717) is 18.0 Å². The Balaban J connectivity index is 1.44. The first kappa shape index (κ1) is 21.6. The van der Waals surface area contributed by atoms with Crippen LogP contribution in [-0.2, 0) is 12.6 Å². The van der Waals surface area contributed by atoms with Crippen LogP contribution in [-0.4, -0.2) is 23.6 Å². The topological polar surface area (TPSA) is 47.0 Å². The van der Waals surface area contributed by atoms with Gasteiger partial charge in [-0.05, 0) is 60.7 Å². The zero-order valence-corrected chi connectivity index (χ0v) is 16.7. The molecule has 7 heteroatoms. The Morgan fingerprint density at radius 2 is 1.70 bits per heavy atom. The van der Waals surface area contributed by atoms with E-state index in [9.17, 15) is 13.2 Å². The first-order valence-corrected chi connectivity index (χ1v) is 9.82. The van der Waals surface area contributed by atoms with Gasteiger partial charge in [0.15, 0.2) is 0 Å². The van der Waals surface area contributed by atoms with Crippen molar-refractivity contribution in [2.75, 3.05) is 19.0 Å². The lowest BCUT2D eigenvalue weighted by molar-refractivity contribution is -0.137. The van der Waals surface area contributed by atoms with E-state index in [1.165, 1.54) is 6.20 Å². The van der Waals surface area contributed by atoms with Gasteiger partial charge >= 0.3 is 6.18 Å². The number of nitrogens with one attached hydrogen (secondary N) is 1. The van der Waals surface area contributed by atoms with Crippen molar-refractivity contribution in [2.45, 2.75) is 31.9 Å². The normalized spacial score (nSPS) is 11.3. The number of anilines is 1. The zero-order valence-electron chi connectivity index (χ0n) is 16.7. The molecule has 30 heavy (non-hydrogen) atoms. The summed E-state index contributed by atoms with van der Waals surface area (Å²) >= 11 is 0. The first-order chi connectivity index (χ1) is 14.5. The lowest BCUT2D eigenvalue weighted by Gasteiger charge is -2.10. The van der Waals surface area contributed by atoms with Gasteiger partial charge in [-0.1, -0.05) is 18.6 Å². The Hall–Kier alpha value is -3.09. The van der Waals surface area contributed by atoms with E-state index in [1.807, 2.05) is 30.3 Å². The van der Waals surface area contributed by atoms with E-state index in [0.717, 1.165) is 54.8 Å². The molecule has 0 atom stereocenters. The number of unbranched alkanes of at least 4 members (excludes halogenated alkanes) is 2. The van der Waals surface area contributed by atoms with E-state index in [-0.39, 0.29) is 0 Å². The van der Waals surface area contributed by atoms with Crippen LogP contribution in [0.1, 0.15) is 30.5 Å². The van der Waals surface area contributed by atoms with E-state index in [1.54, 1.807) is 13.3 Å². The fourth-order valence-corrected chi connectivity index (χ4v) is 3.14. The Morgan fingerprint density at radius 3 is 2.50 bits per heavy atom. The van der Waals surface area contributed by atoms with Gasteiger partial charge in [-0.2, -0.15) is 13.2 Å². The largest absolute Gasteiger partial charge is 0.481 e. The molecule has 3 aromatic rings. The summed E-state index contributed by atoms with van der Waals surface area (Å²) in [5.41, 5.74) is 2.96. The summed E-state index contributed by atoms with van der Waals surface area (Å²) in [7, 11) is 1.59. The number of ether oxygens (including phenoxy) is 1. The van der Waals surface area contributed by atoms with Crippen molar-refractivity contribution in [3.05, 3.63) is 72.2 Å². The second-order valence-corrected chi connectivity index (χ2v) is 6.94. The fraction of sp³-hybridized carbons (Fsp3) is 0.304. The molecule has 1 aromatic carbocycles. The van der Waals surface area contributed by atoms with Crippen molar-refractivity contribution in [1.29, 1.82) is 0 Å². The Kier molecular flexibility index (Phi) is 7.27. The number of aryl methyl sites for hydroxylation is 1. The van der Waals surface area contributed by atoms with Crippen LogP contribution >= 0.6 is 0 Å². The molecule has 0 spiro atoms. The predicted octanol–water partition coefficient (Wildman–Crippen LogP) is 6.00. The summed E-state index contributed by atoms with van der Waals surface area (Å²) < 4.78 is 43.4. The van der Waals surface area contributed by atoms with E-state index >= 15 is 0 Å². The number of pyridine rings is 2. The second kappa shape index (κ2) is 10.1. The molecule has 0 fully saturated rings. The minimum Gasteiger partial charge on any atom is -0.481 e. The Labute approximate surface area is 174 Å². The fourth-order valence-electron chi connectivity index (χ4n) is 3.14. The van der Waals surface area contributed by atoms with Crippen molar-refractivity contribution < 1.29 is 17.9 Å². The molecule has 0 saturated heterocycles. The molecule has 0 bridgehead atoms. The molecule has 0 aliphatic rings. The minimum absolute atomic E-state index is 0.485. The predicted molar refractivity (Wildman–Crippen MR) is 112 cm³/mol. The molecule has 1 N–H and O–H groups in total. The highest BCUT2D eigenvalue weighted by Gasteiger charge is 2.30. The van der Waals surface area contributed by atoms with Crippen molar-refractivity contribution in [3.63, 3.8) is 0 Å². The van der Waals surface area contributed by atoms with Crippen LogP contribution < -0.4 is 10.1 Å².